The van der Waals surface area contributed by atoms with E-state index < -0.39 is 169 Å². The Morgan fingerprint density at radius 3 is 1.78 bits per heavy atom. The van der Waals surface area contributed by atoms with Gasteiger partial charge >= 0.3 is 6.03 Å². The molecule has 3 heterocycles. The van der Waals surface area contributed by atoms with Crippen LogP contribution in [0, 0.1) is 5.92 Å². The zero-order chi connectivity index (χ0) is 85.1. The van der Waals surface area contributed by atoms with Gasteiger partial charge in [-0.25, -0.2) is 4.79 Å². The number of nitrogens with two attached hydrogens (primary N) is 5. The Hall–Kier alpha value is -11.3. The third-order valence-corrected chi connectivity index (χ3v) is 19.5. The Labute approximate surface area is 675 Å². The number of amides is 14. The standard InChI is InChI=1S/C77H110N22O16S/c1-43(2)40-58-73(111)90-53(26-32-79)67(105)89-56(29-35-82)72(110)95-64(44(3)100)75(113)86-37-30-57(70(108)88-54(27-33-80)69(107)94-59(74(112)93-58)41-46-14-8-7-9-15-46)91-68(106)55(28-34-81)92-76(114)65(45(4)101)96-71(109)52(25-31-78)87-63(103)24-23-62(102)85-38-39-98(6)77(115)99-60-42-48(116-61-18-11-10-17-50(61)66(104)83-5)20-21-49(60)51(97-99)22-19-47-16-12-13-36-84-47/h7-22,36,42-45,52-59,64-65,100-101H,23-35,37-41,78-82H2,1-6H3,(H,83,104)(H,85,102)(H,86,113)(H,87,103)(H,88,108)(H,89,105)(H,90,111)(H,91,106)(H,92,114)(H,93,112)(H,94,107)(H,95,110)(H,96,109)/b22-19+/t44-,45+,52?,53+,54+,55-,56+,57-,58?,59+,64+,65+/m1/s1. The lowest BCUT2D eigenvalue weighted by atomic mass is 10.00. The van der Waals surface area contributed by atoms with E-state index in [4.69, 9.17) is 28.7 Å². The fraction of sp³-hybridized carbons (Fsp3) is 0.481. The molecule has 39 heteroatoms. The highest BCUT2D eigenvalue weighted by Gasteiger charge is 2.38. The molecule has 0 spiro atoms. The largest absolute Gasteiger partial charge is 0.391 e. The number of hydrogen-bond donors (Lipinski definition) is 20. The highest BCUT2D eigenvalue weighted by atomic mass is 32.2. The predicted molar refractivity (Wildman–Crippen MR) is 431 cm³/mol. The molecule has 25 N–H and O–H groups in total. The number of aliphatic hydroxyl groups excluding tert-OH is 2. The molecule has 116 heavy (non-hydrogen) atoms. The summed E-state index contributed by atoms with van der Waals surface area (Å²) < 4.78 is 1.24. The molecular weight excluding hydrogens is 1520 g/mol. The monoisotopic (exact) mass is 1630 g/mol. The number of rotatable bonds is 34. The van der Waals surface area contributed by atoms with Crippen LogP contribution in [0.1, 0.15) is 113 Å². The number of aliphatic hydroxyl groups is 2. The molecule has 2 unspecified atom stereocenters. The maximum atomic E-state index is 14.7. The number of nitrogens with zero attached hydrogens (tertiary/aromatic N) is 4. The van der Waals surface area contributed by atoms with E-state index >= 15 is 0 Å². The third-order valence-electron chi connectivity index (χ3n) is 18.4. The van der Waals surface area contributed by atoms with E-state index in [0.717, 1.165) is 6.92 Å². The summed E-state index contributed by atoms with van der Waals surface area (Å²) in [7, 11) is 3.05. The van der Waals surface area contributed by atoms with Crippen molar-refractivity contribution in [2.75, 3.05) is 66.5 Å². The van der Waals surface area contributed by atoms with Gasteiger partial charge in [0.1, 0.15) is 60.4 Å². The lowest BCUT2D eigenvalue weighted by Gasteiger charge is -2.29. The van der Waals surface area contributed by atoms with Gasteiger partial charge in [-0.05, 0) is 158 Å². The van der Waals surface area contributed by atoms with E-state index in [1.54, 1.807) is 86.8 Å². The Morgan fingerprint density at radius 2 is 1.19 bits per heavy atom. The molecule has 3 aromatic carbocycles. The highest BCUT2D eigenvalue weighted by molar-refractivity contribution is 7.99. The number of hydrogen-bond acceptors (Lipinski definition) is 24. The van der Waals surface area contributed by atoms with Crippen LogP contribution in [0.3, 0.4) is 0 Å². The van der Waals surface area contributed by atoms with Gasteiger partial charge in [-0.1, -0.05) is 74.1 Å². The summed E-state index contributed by atoms with van der Waals surface area (Å²) in [6, 6.07) is 10.2. The number of carbonyl (C=O) groups excluding carboxylic acids is 14. The maximum Gasteiger partial charge on any atom is 0.345 e. The van der Waals surface area contributed by atoms with Crippen LogP contribution < -0.4 is 97.8 Å². The molecule has 1 aliphatic heterocycles. The summed E-state index contributed by atoms with van der Waals surface area (Å²) in [5, 5.41) is 60.3. The Bertz CT molecular complexity index is 4230. The molecule has 1 fully saturated rings. The summed E-state index contributed by atoms with van der Waals surface area (Å²) in [6.45, 7) is 4.22. The van der Waals surface area contributed by atoms with Crippen LogP contribution in [0.25, 0.3) is 23.1 Å². The first-order valence-electron chi connectivity index (χ1n) is 38.3. The summed E-state index contributed by atoms with van der Waals surface area (Å²) in [4.78, 5) is 203. The van der Waals surface area contributed by atoms with Gasteiger partial charge in [-0.15, -0.1) is 0 Å². The van der Waals surface area contributed by atoms with Gasteiger partial charge in [0, 0.05) is 74.4 Å². The average Bonchev–Trinajstić information content (AvgIpc) is 1.63. The molecule has 38 nitrogen and oxygen atoms in total. The Kier molecular flexibility index (Phi) is 38.3. The number of nitrogens with one attached hydrogen (secondary N) is 13. The molecule has 630 valence electrons. The van der Waals surface area contributed by atoms with Crippen LogP contribution in [0.5, 0.6) is 0 Å². The summed E-state index contributed by atoms with van der Waals surface area (Å²) in [6.07, 6.45) is -0.895. The van der Waals surface area contributed by atoms with E-state index in [9.17, 15) is 77.3 Å². The first-order valence-corrected chi connectivity index (χ1v) is 39.1. The minimum absolute atomic E-state index is 0.0152. The van der Waals surface area contributed by atoms with Gasteiger partial charge < -0.3 is 113 Å². The van der Waals surface area contributed by atoms with E-state index in [2.05, 4.69) is 79.2 Å². The third kappa shape index (κ3) is 28.9. The fourth-order valence-corrected chi connectivity index (χ4v) is 13.1. The van der Waals surface area contributed by atoms with E-state index in [0.29, 0.717) is 43.2 Å². The smallest absolute Gasteiger partial charge is 0.345 e. The number of benzene rings is 3. The molecule has 2 aromatic heterocycles. The maximum absolute atomic E-state index is 14.7. The zero-order valence-electron chi connectivity index (χ0n) is 65.8. The number of likely N-dealkylation sites (N-methyl/N-ethyl adjacent to an activating group) is 1. The lowest BCUT2D eigenvalue weighted by molar-refractivity contribution is -0.137. The SMILES string of the molecule is CNC(=O)c1ccccc1Sc1ccc2c(/C=C/c3ccccn3)nn(C(=O)N(C)CCNC(=O)CCC(=O)NC(CCN)C(=O)N[C@H](C(=O)N[C@H](CCN)C(=O)N[C@@H]3CCNC(=O)[C@H]([C@@H](C)O)NC(=O)[C@H](CCN)NC(=O)[C@H](CCN)NC(=O)C(CC(C)C)NC(=O)[C@H](Cc4ccccc4)NC(=O)[C@H](CCN)NC3=O)[C@H](C)O)c2c1. The van der Waals surface area contributed by atoms with Crippen molar-refractivity contribution in [1.82, 2.24) is 88.8 Å². The normalized spacial score (nSPS) is 19.5. The Morgan fingerprint density at radius 1 is 0.621 bits per heavy atom. The van der Waals surface area contributed by atoms with E-state index in [1.807, 2.05) is 36.4 Å². The van der Waals surface area contributed by atoms with E-state index in [-0.39, 0.29) is 109 Å². The second-order valence-corrected chi connectivity index (χ2v) is 29.2. The first-order chi connectivity index (χ1) is 55.4. The van der Waals surface area contributed by atoms with Crippen molar-refractivity contribution in [1.29, 1.82) is 0 Å². The minimum Gasteiger partial charge on any atom is -0.391 e. The van der Waals surface area contributed by atoms with Gasteiger partial charge in [0.25, 0.3) is 5.91 Å². The quantitative estimate of drug-likeness (QED) is 0.0187. The van der Waals surface area contributed by atoms with Crippen molar-refractivity contribution in [2.45, 2.75) is 174 Å². The number of aromatic nitrogens is 3. The Balaban J connectivity index is 1.15. The van der Waals surface area contributed by atoms with Crippen LogP contribution in [0.15, 0.2) is 107 Å². The molecule has 14 amide bonds. The lowest BCUT2D eigenvalue weighted by Crippen LogP contribution is -2.62. The average molecular weight is 1630 g/mol. The molecule has 6 rings (SSSR count). The van der Waals surface area contributed by atoms with Gasteiger partial charge in [0.15, 0.2) is 0 Å². The molecule has 0 radical (unpaired) electrons. The number of carbonyl (C=O) groups is 14. The van der Waals surface area contributed by atoms with Crippen LogP contribution in [0.4, 0.5) is 4.79 Å². The molecule has 0 aliphatic carbocycles. The molecule has 12 atom stereocenters. The van der Waals surface area contributed by atoms with Crippen LogP contribution in [-0.4, -0.2) is 252 Å². The predicted octanol–water partition coefficient (Wildman–Crippen LogP) is -3.93. The van der Waals surface area contributed by atoms with E-state index in [1.165, 1.54) is 42.4 Å². The molecule has 1 aliphatic rings. The van der Waals surface area contributed by atoms with Gasteiger partial charge in [-0.2, -0.15) is 9.78 Å². The van der Waals surface area contributed by atoms with Crippen molar-refractivity contribution < 1.29 is 77.3 Å². The van der Waals surface area contributed by atoms with Crippen molar-refractivity contribution in [3.8, 4) is 0 Å². The summed E-state index contributed by atoms with van der Waals surface area (Å²) in [5.74, 6) is -11.8. The molecule has 0 bridgehead atoms. The second-order valence-electron chi connectivity index (χ2n) is 28.1. The molecular formula is C77H110N22O16S. The van der Waals surface area contributed by atoms with Gasteiger partial charge in [-0.3, -0.25) is 67.3 Å². The fourth-order valence-electron chi connectivity index (χ4n) is 12.2. The molecule has 0 saturated carbocycles. The molecule has 5 aromatic rings. The highest BCUT2D eigenvalue weighted by Crippen LogP contribution is 2.34. The van der Waals surface area contributed by atoms with Crippen molar-refractivity contribution in [2.24, 2.45) is 34.6 Å². The van der Waals surface area contributed by atoms with Crippen molar-refractivity contribution in [3.63, 3.8) is 0 Å². The summed E-state index contributed by atoms with van der Waals surface area (Å²) in [5.41, 5.74) is 32.2. The first kappa shape index (κ1) is 93.5. The van der Waals surface area contributed by atoms with Crippen LogP contribution in [0.2, 0.25) is 0 Å². The second kappa shape index (κ2) is 47.5. The van der Waals surface area contributed by atoms with Crippen molar-refractivity contribution in [3.05, 3.63) is 120 Å². The topological polar surface area (TPSA) is 600 Å². The minimum atomic E-state index is -1.85. The summed E-state index contributed by atoms with van der Waals surface area (Å²) >= 11 is 1.32. The number of pyridine rings is 1. The van der Waals surface area contributed by atoms with Crippen LogP contribution in [-0.2, 0) is 64.0 Å². The zero-order valence-corrected chi connectivity index (χ0v) is 66.6. The van der Waals surface area contributed by atoms with Gasteiger partial charge in [0.05, 0.1) is 34.7 Å². The van der Waals surface area contributed by atoms with Crippen molar-refractivity contribution >= 4 is 118 Å². The number of fused-ring (bicyclic) bond motifs is 1. The van der Waals surface area contributed by atoms with Crippen LogP contribution >= 0.6 is 11.8 Å². The molecule has 1 saturated heterocycles. The van der Waals surface area contributed by atoms with Gasteiger partial charge in [0.2, 0.25) is 70.9 Å².